The van der Waals surface area contributed by atoms with Gasteiger partial charge in [-0.05, 0) is 24.3 Å². The molecule has 2 aromatic carbocycles. The number of benzene rings is 2. The van der Waals surface area contributed by atoms with E-state index >= 15 is 0 Å². The summed E-state index contributed by atoms with van der Waals surface area (Å²) in [5, 5.41) is 12.1. The van der Waals surface area contributed by atoms with Gasteiger partial charge in [-0.1, -0.05) is 45.0 Å². The van der Waals surface area contributed by atoms with E-state index in [-0.39, 0.29) is 29.8 Å². The summed E-state index contributed by atoms with van der Waals surface area (Å²) in [6.45, 7) is 6.10. The minimum absolute atomic E-state index is 0.0205. The van der Waals surface area contributed by atoms with Crippen LogP contribution in [0.2, 0.25) is 0 Å². The van der Waals surface area contributed by atoms with Crippen LogP contribution in [0.5, 0.6) is 11.5 Å². The first-order valence-electron chi connectivity index (χ1n) is 13.6. The van der Waals surface area contributed by atoms with Gasteiger partial charge in [0.05, 0.1) is 29.2 Å². The van der Waals surface area contributed by atoms with Crippen molar-refractivity contribution in [3.05, 3.63) is 101 Å². The van der Waals surface area contributed by atoms with Gasteiger partial charge in [0, 0.05) is 53.9 Å². The molecule has 0 saturated heterocycles. The molecule has 0 spiro atoms. The molecular formula is C32H32N6O5. The van der Waals surface area contributed by atoms with E-state index in [1.54, 1.807) is 47.4 Å². The standard InChI is InChI=1S/C32H32N6O5/c1-32(2,3)28-17-29(38(37-28)21-9-12-30(40)34-18-21)36-31(41)35-26-10-11-27(25-8-6-5-7-24(25)26)43-23-13-14-33-20(16-23)15-22(39)19-42-4/h5-14,16-18H,15,19H2,1-4H3,(H,34,40)(H2,35,36,41). The maximum Gasteiger partial charge on any atom is 0.324 e. The fraction of sp³-hybridized carbons (Fsp3) is 0.219. The lowest BCUT2D eigenvalue weighted by atomic mass is 9.92. The summed E-state index contributed by atoms with van der Waals surface area (Å²) in [6, 6.07) is 18.9. The van der Waals surface area contributed by atoms with Crippen molar-refractivity contribution in [3.8, 4) is 17.2 Å². The molecule has 2 amide bonds. The lowest BCUT2D eigenvalue weighted by molar-refractivity contribution is -0.122. The predicted octanol–water partition coefficient (Wildman–Crippen LogP) is 5.60. The molecule has 0 radical (unpaired) electrons. The summed E-state index contributed by atoms with van der Waals surface area (Å²) < 4.78 is 12.7. The molecule has 11 heteroatoms. The van der Waals surface area contributed by atoms with E-state index in [2.05, 4.69) is 25.7 Å². The first kappa shape index (κ1) is 29.2. The number of hydrogen-bond donors (Lipinski definition) is 3. The topological polar surface area (TPSA) is 140 Å². The molecule has 3 heterocycles. The highest BCUT2D eigenvalue weighted by atomic mass is 16.5. The number of H-pyrrole nitrogens is 1. The third kappa shape index (κ3) is 6.96. The molecule has 5 rings (SSSR count). The van der Waals surface area contributed by atoms with Crippen LogP contribution in [0, 0.1) is 0 Å². The van der Waals surface area contributed by atoms with Gasteiger partial charge in [-0.2, -0.15) is 5.10 Å². The third-order valence-corrected chi connectivity index (χ3v) is 6.56. The number of urea groups is 1. The Morgan fingerprint density at radius 1 is 0.977 bits per heavy atom. The number of Topliss-reactive ketones (excluding diaryl/α,β-unsaturated/α-hetero) is 1. The summed E-state index contributed by atoms with van der Waals surface area (Å²) in [5.41, 5.74) is 2.01. The van der Waals surface area contributed by atoms with Crippen molar-refractivity contribution in [2.24, 2.45) is 0 Å². The van der Waals surface area contributed by atoms with Crippen LogP contribution in [0.4, 0.5) is 16.3 Å². The van der Waals surface area contributed by atoms with Gasteiger partial charge in [-0.25, -0.2) is 9.48 Å². The molecule has 43 heavy (non-hydrogen) atoms. The highest BCUT2D eigenvalue weighted by Gasteiger charge is 2.22. The minimum atomic E-state index is -0.468. The van der Waals surface area contributed by atoms with E-state index in [1.807, 2.05) is 51.1 Å². The van der Waals surface area contributed by atoms with Crippen LogP contribution >= 0.6 is 0 Å². The molecule has 0 aliphatic rings. The molecule has 5 aromatic rings. The molecule has 220 valence electrons. The fourth-order valence-electron chi connectivity index (χ4n) is 4.46. The largest absolute Gasteiger partial charge is 0.457 e. The van der Waals surface area contributed by atoms with Crippen LogP contribution in [0.25, 0.3) is 16.5 Å². The predicted molar refractivity (Wildman–Crippen MR) is 164 cm³/mol. The van der Waals surface area contributed by atoms with E-state index in [9.17, 15) is 14.4 Å². The Hall–Kier alpha value is -5.29. The summed E-state index contributed by atoms with van der Waals surface area (Å²) in [7, 11) is 1.48. The summed E-state index contributed by atoms with van der Waals surface area (Å²) in [6.07, 6.45) is 3.28. The average Bonchev–Trinajstić information content (AvgIpc) is 3.39. The first-order valence-corrected chi connectivity index (χ1v) is 13.6. The van der Waals surface area contributed by atoms with Gasteiger partial charge in [0.2, 0.25) is 5.56 Å². The van der Waals surface area contributed by atoms with Crippen molar-refractivity contribution < 1.29 is 19.1 Å². The zero-order chi connectivity index (χ0) is 30.6. The maximum atomic E-state index is 13.3. The van der Waals surface area contributed by atoms with Gasteiger partial charge < -0.3 is 19.8 Å². The number of nitrogens with zero attached hydrogens (tertiary/aromatic N) is 3. The van der Waals surface area contributed by atoms with Gasteiger partial charge in [0.15, 0.2) is 5.78 Å². The number of hydrogen-bond acceptors (Lipinski definition) is 7. The molecule has 0 saturated carbocycles. The van der Waals surface area contributed by atoms with Crippen LogP contribution in [-0.4, -0.2) is 45.3 Å². The van der Waals surface area contributed by atoms with Crippen molar-refractivity contribution in [1.82, 2.24) is 19.7 Å². The second kappa shape index (κ2) is 12.3. The Labute approximate surface area is 247 Å². The Morgan fingerprint density at radius 3 is 2.49 bits per heavy atom. The van der Waals surface area contributed by atoms with Crippen LogP contribution in [-0.2, 0) is 21.4 Å². The monoisotopic (exact) mass is 580 g/mol. The Balaban J connectivity index is 1.38. The first-order chi connectivity index (χ1) is 20.6. The number of fused-ring (bicyclic) bond motifs is 1. The Kier molecular flexibility index (Phi) is 8.35. The van der Waals surface area contributed by atoms with Crippen molar-refractivity contribution >= 4 is 34.1 Å². The number of carbonyl (C=O) groups is 2. The smallest absolute Gasteiger partial charge is 0.324 e. The van der Waals surface area contributed by atoms with E-state index in [0.29, 0.717) is 34.4 Å². The Morgan fingerprint density at radius 2 is 1.77 bits per heavy atom. The SMILES string of the molecule is COCC(=O)Cc1cc(Oc2ccc(NC(=O)Nc3cc(C(C)(C)C)nn3-c3ccc(=O)[nH]c3)c3ccccc23)ccn1. The summed E-state index contributed by atoms with van der Waals surface area (Å²) >= 11 is 0. The van der Waals surface area contributed by atoms with Gasteiger partial charge in [-0.15, -0.1) is 0 Å². The molecule has 0 aliphatic heterocycles. The van der Waals surface area contributed by atoms with Gasteiger partial charge in [-0.3, -0.25) is 19.9 Å². The normalized spacial score (nSPS) is 11.3. The van der Waals surface area contributed by atoms with Crippen LogP contribution in [0.3, 0.4) is 0 Å². The Bertz CT molecular complexity index is 1830. The number of rotatable bonds is 9. The summed E-state index contributed by atoms with van der Waals surface area (Å²) in [4.78, 5) is 43.8. The number of methoxy groups -OCH3 is 1. The number of carbonyl (C=O) groups excluding carboxylic acids is 2. The van der Waals surface area contributed by atoms with Crippen LogP contribution < -0.4 is 20.9 Å². The molecule has 0 bridgehead atoms. The lowest BCUT2D eigenvalue weighted by Crippen LogP contribution is -2.21. The van der Waals surface area contributed by atoms with Crippen molar-refractivity contribution in [1.29, 1.82) is 0 Å². The van der Waals surface area contributed by atoms with E-state index < -0.39 is 6.03 Å². The number of anilines is 2. The minimum Gasteiger partial charge on any atom is -0.457 e. The van der Waals surface area contributed by atoms with E-state index in [0.717, 1.165) is 16.5 Å². The zero-order valence-corrected chi connectivity index (χ0v) is 24.3. The molecule has 0 aliphatic carbocycles. The summed E-state index contributed by atoms with van der Waals surface area (Å²) in [5.74, 6) is 1.47. The lowest BCUT2D eigenvalue weighted by Gasteiger charge is -2.14. The van der Waals surface area contributed by atoms with Gasteiger partial charge in [0.1, 0.15) is 23.9 Å². The van der Waals surface area contributed by atoms with Crippen molar-refractivity contribution in [2.45, 2.75) is 32.6 Å². The highest BCUT2D eigenvalue weighted by molar-refractivity contribution is 6.07. The number of ketones is 1. The number of aromatic amines is 1. The van der Waals surface area contributed by atoms with Crippen molar-refractivity contribution in [2.75, 3.05) is 24.4 Å². The third-order valence-electron chi connectivity index (χ3n) is 6.56. The zero-order valence-electron chi connectivity index (χ0n) is 24.3. The molecular weight excluding hydrogens is 548 g/mol. The molecule has 0 fully saturated rings. The van der Waals surface area contributed by atoms with E-state index in [1.165, 1.54) is 13.2 Å². The quantitative estimate of drug-likeness (QED) is 0.206. The number of pyridine rings is 2. The van der Waals surface area contributed by atoms with Crippen LogP contribution in [0.1, 0.15) is 32.2 Å². The number of nitrogens with one attached hydrogen (secondary N) is 3. The maximum absolute atomic E-state index is 13.3. The number of ether oxygens (including phenoxy) is 2. The molecule has 3 N–H and O–H groups in total. The molecule has 0 unspecified atom stereocenters. The van der Waals surface area contributed by atoms with Crippen LogP contribution in [0.15, 0.2) is 83.9 Å². The second-order valence-corrected chi connectivity index (χ2v) is 11.0. The average molecular weight is 581 g/mol. The van der Waals surface area contributed by atoms with Gasteiger partial charge in [0.25, 0.3) is 0 Å². The van der Waals surface area contributed by atoms with Crippen molar-refractivity contribution in [3.63, 3.8) is 0 Å². The molecule has 11 nitrogen and oxygen atoms in total. The number of aromatic nitrogens is 4. The highest BCUT2D eigenvalue weighted by Crippen LogP contribution is 2.35. The number of amides is 2. The van der Waals surface area contributed by atoms with E-state index in [4.69, 9.17) is 9.47 Å². The molecule has 0 atom stereocenters. The van der Waals surface area contributed by atoms with Gasteiger partial charge >= 0.3 is 6.03 Å². The molecule has 3 aromatic heterocycles. The second-order valence-electron chi connectivity index (χ2n) is 11.0. The fourth-order valence-corrected chi connectivity index (χ4v) is 4.46.